The minimum atomic E-state index is -0.594. The van der Waals surface area contributed by atoms with Crippen molar-refractivity contribution in [3.63, 3.8) is 0 Å². The second-order valence-corrected chi connectivity index (χ2v) is 5.55. The van der Waals surface area contributed by atoms with Crippen LogP contribution in [0.4, 0.5) is 5.82 Å². The number of hydroxylamine groups is 2. The minimum Gasteiger partial charge on any atom is -0.286 e. The van der Waals surface area contributed by atoms with Crippen LogP contribution in [-0.4, -0.2) is 39.1 Å². The maximum absolute atomic E-state index is 12.6. The Labute approximate surface area is 136 Å². The highest BCUT2D eigenvalue weighted by Gasteiger charge is 2.27. The van der Waals surface area contributed by atoms with E-state index >= 15 is 0 Å². The number of carbonyl (C=O) groups is 2. The predicted molar refractivity (Wildman–Crippen MR) is 85.4 cm³/mol. The van der Waals surface area contributed by atoms with Gasteiger partial charge in [0, 0.05) is 6.20 Å². The Morgan fingerprint density at radius 1 is 1.43 bits per heavy atom. The van der Waals surface area contributed by atoms with Crippen molar-refractivity contribution in [3.8, 4) is 0 Å². The molecule has 1 heterocycles. The van der Waals surface area contributed by atoms with Gasteiger partial charge in [-0.3, -0.25) is 19.8 Å². The second-order valence-electron chi connectivity index (χ2n) is 5.55. The standard InChI is InChI=1S/C15H25N5O3/c1-4-5-6-7-13(9-19(23)10-21)15(22)20(16)14-12(3)17-8-11(2)18-14/h8,10,13,23H,4-7,9,16H2,1-3H3/t13-/m1/s1. The van der Waals surface area contributed by atoms with Crippen molar-refractivity contribution in [2.24, 2.45) is 11.8 Å². The van der Waals surface area contributed by atoms with Gasteiger partial charge >= 0.3 is 0 Å². The molecule has 1 rings (SSSR count). The molecular weight excluding hydrogens is 298 g/mol. The zero-order valence-corrected chi connectivity index (χ0v) is 13.9. The van der Waals surface area contributed by atoms with E-state index in [1.54, 1.807) is 20.0 Å². The Bertz CT molecular complexity index is 538. The van der Waals surface area contributed by atoms with Gasteiger partial charge in [0.05, 0.1) is 23.9 Å². The summed E-state index contributed by atoms with van der Waals surface area (Å²) in [4.78, 5) is 31.6. The molecule has 0 bridgehead atoms. The lowest BCUT2D eigenvalue weighted by molar-refractivity contribution is -0.154. The van der Waals surface area contributed by atoms with Crippen LogP contribution < -0.4 is 10.9 Å². The van der Waals surface area contributed by atoms with Crippen molar-refractivity contribution in [1.82, 2.24) is 15.0 Å². The number of aromatic nitrogens is 2. The summed E-state index contributed by atoms with van der Waals surface area (Å²) in [5.41, 5.74) is 1.18. The summed E-state index contributed by atoms with van der Waals surface area (Å²) in [6, 6.07) is 0. The first-order chi connectivity index (χ1) is 10.9. The average Bonchev–Trinajstić information content (AvgIpc) is 2.54. The molecule has 0 radical (unpaired) electrons. The molecule has 1 atom stereocenters. The fourth-order valence-corrected chi connectivity index (χ4v) is 2.26. The van der Waals surface area contributed by atoms with E-state index in [2.05, 4.69) is 16.9 Å². The highest BCUT2D eigenvalue weighted by atomic mass is 16.5. The maximum atomic E-state index is 12.6. The van der Waals surface area contributed by atoms with Gasteiger partial charge in [0.1, 0.15) is 0 Å². The molecule has 0 saturated carbocycles. The summed E-state index contributed by atoms with van der Waals surface area (Å²) in [5, 5.41) is 10.8. The largest absolute Gasteiger partial charge is 0.286 e. The molecule has 23 heavy (non-hydrogen) atoms. The van der Waals surface area contributed by atoms with Crippen LogP contribution >= 0.6 is 0 Å². The summed E-state index contributed by atoms with van der Waals surface area (Å²) < 4.78 is 0. The first kappa shape index (κ1) is 19.0. The van der Waals surface area contributed by atoms with Crippen molar-refractivity contribution < 1.29 is 14.8 Å². The number of nitrogens with zero attached hydrogens (tertiary/aromatic N) is 4. The lowest BCUT2D eigenvalue weighted by atomic mass is 10.00. The van der Waals surface area contributed by atoms with Crippen molar-refractivity contribution in [3.05, 3.63) is 17.6 Å². The van der Waals surface area contributed by atoms with Crippen LogP contribution in [0.3, 0.4) is 0 Å². The molecule has 3 N–H and O–H groups in total. The summed E-state index contributed by atoms with van der Waals surface area (Å²) in [6.07, 6.45) is 5.18. The quantitative estimate of drug-likeness (QED) is 0.177. The zero-order chi connectivity index (χ0) is 17.4. The fourth-order valence-electron chi connectivity index (χ4n) is 2.26. The molecule has 8 nitrogen and oxygen atoms in total. The van der Waals surface area contributed by atoms with Crippen LogP contribution in [0.1, 0.15) is 44.0 Å². The third-order valence-electron chi connectivity index (χ3n) is 3.55. The molecule has 1 aromatic rings. The molecule has 128 valence electrons. The van der Waals surface area contributed by atoms with Crippen LogP contribution in [0.5, 0.6) is 0 Å². The fraction of sp³-hybridized carbons (Fsp3) is 0.600. The molecule has 2 amide bonds. The smallest absolute Gasteiger partial charge is 0.247 e. The number of rotatable bonds is 9. The van der Waals surface area contributed by atoms with E-state index in [0.29, 0.717) is 22.9 Å². The van der Waals surface area contributed by atoms with E-state index in [1.165, 1.54) is 0 Å². The summed E-state index contributed by atoms with van der Waals surface area (Å²) >= 11 is 0. The van der Waals surface area contributed by atoms with Crippen molar-refractivity contribution in [2.45, 2.75) is 46.5 Å². The van der Waals surface area contributed by atoms with Gasteiger partial charge in [0.2, 0.25) is 12.3 Å². The molecule has 0 unspecified atom stereocenters. The number of hydrogen-bond acceptors (Lipinski definition) is 6. The van der Waals surface area contributed by atoms with E-state index in [9.17, 15) is 14.8 Å². The molecular formula is C15H25N5O3. The molecule has 0 aromatic carbocycles. The minimum absolute atomic E-state index is 0.0992. The number of carbonyl (C=O) groups excluding carboxylic acids is 2. The van der Waals surface area contributed by atoms with Gasteiger partial charge in [0.15, 0.2) is 5.82 Å². The lowest BCUT2D eigenvalue weighted by Crippen LogP contribution is -2.45. The molecule has 0 aliphatic rings. The van der Waals surface area contributed by atoms with E-state index in [0.717, 1.165) is 24.3 Å². The Morgan fingerprint density at radius 2 is 2.13 bits per heavy atom. The molecule has 8 heteroatoms. The van der Waals surface area contributed by atoms with E-state index in [-0.39, 0.29) is 18.8 Å². The summed E-state index contributed by atoms with van der Waals surface area (Å²) in [7, 11) is 0. The van der Waals surface area contributed by atoms with Crippen molar-refractivity contribution >= 4 is 18.1 Å². The molecule has 0 fully saturated rings. The van der Waals surface area contributed by atoms with Gasteiger partial charge in [-0.1, -0.05) is 26.2 Å². The van der Waals surface area contributed by atoms with Gasteiger partial charge in [-0.25, -0.2) is 20.9 Å². The Hall–Kier alpha value is -2.06. The van der Waals surface area contributed by atoms with Crippen molar-refractivity contribution in [2.75, 3.05) is 11.6 Å². The number of aryl methyl sites for hydroxylation is 2. The van der Waals surface area contributed by atoms with Crippen LogP contribution in [0, 0.1) is 19.8 Å². The van der Waals surface area contributed by atoms with Crippen LogP contribution in [-0.2, 0) is 9.59 Å². The Balaban J connectivity index is 2.92. The van der Waals surface area contributed by atoms with E-state index in [4.69, 9.17) is 5.84 Å². The van der Waals surface area contributed by atoms with E-state index in [1.807, 2.05) is 0 Å². The Kier molecular flexibility index (Phi) is 7.56. The van der Waals surface area contributed by atoms with E-state index < -0.39 is 11.8 Å². The van der Waals surface area contributed by atoms with Gasteiger partial charge in [-0.2, -0.15) is 0 Å². The maximum Gasteiger partial charge on any atom is 0.247 e. The number of hydrazine groups is 1. The number of unbranched alkanes of at least 4 members (excludes halogenated alkanes) is 2. The van der Waals surface area contributed by atoms with Gasteiger partial charge < -0.3 is 0 Å². The monoisotopic (exact) mass is 323 g/mol. The Morgan fingerprint density at radius 3 is 2.74 bits per heavy atom. The van der Waals surface area contributed by atoms with Crippen LogP contribution in [0.2, 0.25) is 0 Å². The van der Waals surface area contributed by atoms with Gasteiger partial charge in [-0.05, 0) is 20.3 Å². The first-order valence-corrected chi connectivity index (χ1v) is 7.70. The number of amides is 2. The zero-order valence-electron chi connectivity index (χ0n) is 13.9. The topological polar surface area (TPSA) is 113 Å². The van der Waals surface area contributed by atoms with Gasteiger partial charge in [-0.15, -0.1) is 0 Å². The summed E-state index contributed by atoms with van der Waals surface area (Å²) in [6.45, 7) is 5.43. The highest BCUT2D eigenvalue weighted by molar-refractivity contribution is 5.93. The van der Waals surface area contributed by atoms with Crippen LogP contribution in [0.15, 0.2) is 6.20 Å². The molecule has 1 aromatic heterocycles. The van der Waals surface area contributed by atoms with Gasteiger partial charge in [0.25, 0.3) is 0 Å². The lowest BCUT2D eigenvalue weighted by Gasteiger charge is -2.25. The van der Waals surface area contributed by atoms with Crippen LogP contribution in [0.25, 0.3) is 0 Å². The van der Waals surface area contributed by atoms with Crippen molar-refractivity contribution in [1.29, 1.82) is 0 Å². The first-order valence-electron chi connectivity index (χ1n) is 7.70. The molecule has 0 spiro atoms. The predicted octanol–water partition coefficient (Wildman–Crippen LogP) is 1.34. The number of anilines is 1. The molecule has 0 aliphatic heterocycles. The summed E-state index contributed by atoms with van der Waals surface area (Å²) in [5.74, 6) is 5.21. The number of nitrogens with two attached hydrogens (primary N) is 1. The average molecular weight is 323 g/mol. The highest BCUT2D eigenvalue weighted by Crippen LogP contribution is 2.18. The number of hydrogen-bond donors (Lipinski definition) is 2. The SMILES string of the molecule is CCCCC[C@H](CN(O)C=O)C(=O)N(N)c1nc(C)cnc1C. The third kappa shape index (κ3) is 5.57. The normalized spacial score (nSPS) is 11.9. The second kappa shape index (κ2) is 9.16. The molecule has 0 aliphatic carbocycles. The molecule has 0 saturated heterocycles. The third-order valence-corrected chi connectivity index (χ3v) is 3.55.